The van der Waals surface area contributed by atoms with Crippen LogP contribution >= 0.6 is 0 Å². The molecule has 2 aromatic heterocycles. The fraction of sp³-hybridized carbons (Fsp3) is 0.471. The summed E-state index contributed by atoms with van der Waals surface area (Å²) in [4.78, 5) is 20.9. The molecule has 1 aliphatic heterocycles. The molecule has 0 aromatic carbocycles. The van der Waals surface area contributed by atoms with E-state index in [-0.39, 0.29) is 6.03 Å². The van der Waals surface area contributed by atoms with Crippen LogP contribution in [-0.2, 0) is 6.54 Å². The van der Waals surface area contributed by atoms with Crippen LogP contribution in [0.5, 0.6) is 0 Å². The monoisotopic (exact) mass is 329 g/mol. The van der Waals surface area contributed by atoms with Gasteiger partial charge in [-0.15, -0.1) is 0 Å². The highest BCUT2D eigenvalue weighted by Gasteiger charge is 2.23. The van der Waals surface area contributed by atoms with Crippen molar-refractivity contribution in [1.82, 2.24) is 19.9 Å². The molecule has 0 saturated carbocycles. The second-order valence-electron chi connectivity index (χ2n) is 6.12. The van der Waals surface area contributed by atoms with Gasteiger partial charge in [-0.1, -0.05) is 11.2 Å². The van der Waals surface area contributed by atoms with Crippen molar-refractivity contribution in [3.63, 3.8) is 0 Å². The molecule has 128 valence electrons. The predicted molar refractivity (Wildman–Crippen MR) is 90.4 cm³/mol. The van der Waals surface area contributed by atoms with Crippen LogP contribution in [0.15, 0.2) is 41.2 Å². The minimum atomic E-state index is -0.114. The molecule has 3 heterocycles. The van der Waals surface area contributed by atoms with E-state index in [1.165, 1.54) is 6.26 Å². The molecular weight excluding hydrogens is 306 g/mol. The molecule has 0 unspecified atom stereocenters. The molecule has 0 radical (unpaired) electrons. The van der Waals surface area contributed by atoms with Crippen LogP contribution in [-0.4, -0.2) is 52.2 Å². The molecule has 1 fully saturated rings. The fourth-order valence-corrected chi connectivity index (χ4v) is 3.06. The van der Waals surface area contributed by atoms with Gasteiger partial charge in [0.05, 0.1) is 5.69 Å². The molecule has 2 amide bonds. The zero-order valence-electron chi connectivity index (χ0n) is 13.9. The highest BCUT2D eigenvalue weighted by atomic mass is 16.5. The maximum Gasteiger partial charge on any atom is 0.323 e. The first-order valence-corrected chi connectivity index (χ1v) is 8.29. The topological polar surface area (TPSA) is 74.5 Å². The number of likely N-dealkylation sites (tertiary alicyclic amines) is 1. The number of carbonyl (C=O) groups is 1. The Morgan fingerprint density at radius 1 is 1.38 bits per heavy atom. The normalized spacial score (nSPS) is 18.4. The molecule has 0 bridgehead atoms. The number of aromatic nitrogens is 2. The fourth-order valence-electron chi connectivity index (χ4n) is 3.06. The summed E-state index contributed by atoms with van der Waals surface area (Å²) in [5.41, 5.74) is 1.07. The third-order valence-electron chi connectivity index (χ3n) is 4.42. The molecule has 1 atom stereocenters. The van der Waals surface area contributed by atoms with Crippen LogP contribution in [0.3, 0.4) is 0 Å². The standard InChI is InChI=1S/C17H23N5O2/c1-21(13-14-5-2-3-9-18-14)15-6-4-10-22(11-7-15)17(23)19-16-8-12-24-20-16/h2-3,5,8-9,12,15H,4,6-7,10-11,13H2,1H3,(H,19,20,23)/t15-/m1/s1. The molecule has 7 heteroatoms. The van der Waals surface area contributed by atoms with Crippen molar-refractivity contribution in [3.05, 3.63) is 42.4 Å². The summed E-state index contributed by atoms with van der Waals surface area (Å²) in [7, 11) is 2.13. The second kappa shape index (κ2) is 7.92. The van der Waals surface area contributed by atoms with E-state index in [4.69, 9.17) is 4.52 Å². The van der Waals surface area contributed by atoms with Gasteiger partial charge in [-0.05, 0) is 38.4 Å². The average molecular weight is 329 g/mol. The predicted octanol–water partition coefficient (Wildman–Crippen LogP) is 2.59. The van der Waals surface area contributed by atoms with Crippen LogP contribution in [0.4, 0.5) is 10.6 Å². The number of hydrogen-bond acceptors (Lipinski definition) is 5. The Labute approximate surface area is 141 Å². The number of pyridine rings is 1. The van der Waals surface area contributed by atoms with Gasteiger partial charge in [-0.25, -0.2) is 4.79 Å². The van der Waals surface area contributed by atoms with E-state index in [0.717, 1.165) is 44.6 Å². The Morgan fingerprint density at radius 3 is 3.04 bits per heavy atom. The quantitative estimate of drug-likeness (QED) is 0.933. The van der Waals surface area contributed by atoms with Crippen molar-refractivity contribution < 1.29 is 9.32 Å². The van der Waals surface area contributed by atoms with Gasteiger partial charge in [0.15, 0.2) is 5.82 Å². The summed E-state index contributed by atoms with van der Waals surface area (Å²) in [6.45, 7) is 2.33. The molecule has 1 aliphatic rings. The van der Waals surface area contributed by atoms with Gasteiger partial charge in [0.25, 0.3) is 0 Å². The second-order valence-corrected chi connectivity index (χ2v) is 6.12. The van der Waals surface area contributed by atoms with E-state index in [0.29, 0.717) is 11.9 Å². The average Bonchev–Trinajstić information content (AvgIpc) is 2.96. The van der Waals surface area contributed by atoms with Crippen LogP contribution in [0.2, 0.25) is 0 Å². The van der Waals surface area contributed by atoms with Gasteiger partial charge in [0.1, 0.15) is 6.26 Å². The Balaban J connectivity index is 1.51. The maximum absolute atomic E-state index is 12.3. The van der Waals surface area contributed by atoms with Gasteiger partial charge in [-0.3, -0.25) is 15.2 Å². The number of amides is 2. The summed E-state index contributed by atoms with van der Waals surface area (Å²) < 4.78 is 4.74. The SMILES string of the molecule is CN(Cc1ccccn1)[C@@H]1CCCN(C(=O)Nc2ccon2)CC1. The smallest absolute Gasteiger partial charge is 0.323 e. The summed E-state index contributed by atoms with van der Waals surface area (Å²) in [5.74, 6) is 0.452. The number of hydrogen-bond donors (Lipinski definition) is 1. The number of anilines is 1. The van der Waals surface area contributed by atoms with Crippen LogP contribution in [0.25, 0.3) is 0 Å². The lowest BCUT2D eigenvalue weighted by molar-refractivity contribution is 0.200. The van der Waals surface area contributed by atoms with Crippen molar-refractivity contribution in [2.75, 3.05) is 25.5 Å². The lowest BCUT2D eigenvalue weighted by atomic mass is 10.1. The number of urea groups is 1. The lowest BCUT2D eigenvalue weighted by Crippen LogP contribution is -2.37. The molecule has 7 nitrogen and oxygen atoms in total. The molecular formula is C17H23N5O2. The van der Waals surface area contributed by atoms with Crippen molar-refractivity contribution in [3.8, 4) is 0 Å². The van der Waals surface area contributed by atoms with E-state index in [1.54, 1.807) is 6.07 Å². The highest BCUT2D eigenvalue weighted by molar-refractivity contribution is 5.88. The Kier molecular flexibility index (Phi) is 5.43. The van der Waals surface area contributed by atoms with Gasteiger partial charge < -0.3 is 9.42 Å². The van der Waals surface area contributed by atoms with Crippen LogP contribution < -0.4 is 5.32 Å². The third kappa shape index (κ3) is 4.32. The third-order valence-corrected chi connectivity index (χ3v) is 4.42. The minimum absolute atomic E-state index is 0.114. The molecule has 1 saturated heterocycles. The maximum atomic E-state index is 12.3. The number of nitrogens with zero attached hydrogens (tertiary/aromatic N) is 4. The largest absolute Gasteiger partial charge is 0.363 e. The van der Waals surface area contributed by atoms with E-state index in [2.05, 4.69) is 27.4 Å². The van der Waals surface area contributed by atoms with Crippen molar-refractivity contribution in [2.24, 2.45) is 0 Å². The highest BCUT2D eigenvalue weighted by Crippen LogP contribution is 2.18. The van der Waals surface area contributed by atoms with Crippen molar-refractivity contribution in [2.45, 2.75) is 31.8 Å². The summed E-state index contributed by atoms with van der Waals surface area (Å²) in [6.07, 6.45) is 6.29. The molecule has 0 aliphatic carbocycles. The van der Waals surface area contributed by atoms with E-state index in [1.807, 2.05) is 29.3 Å². The van der Waals surface area contributed by atoms with Crippen LogP contribution in [0.1, 0.15) is 25.0 Å². The van der Waals surface area contributed by atoms with Gasteiger partial charge >= 0.3 is 6.03 Å². The summed E-state index contributed by atoms with van der Waals surface area (Å²) in [5, 5.41) is 6.48. The summed E-state index contributed by atoms with van der Waals surface area (Å²) in [6, 6.07) is 7.97. The van der Waals surface area contributed by atoms with E-state index in [9.17, 15) is 4.79 Å². The van der Waals surface area contributed by atoms with E-state index < -0.39 is 0 Å². The number of rotatable bonds is 4. The molecule has 24 heavy (non-hydrogen) atoms. The molecule has 0 spiro atoms. The van der Waals surface area contributed by atoms with Crippen LogP contribution in [0, 0.1) is 0 Å². The van der Waals surface area contributed by atoms with Crippen molar-refractivity contribution >= 4 is 11.8 Å². The summed E-state index contributed by atoms with van der Waals surface area (Å²) >= 11 is 0. The zero-order chi connectivity index (χ0) is 16.8. The molecule has 2 aromatic rings. The van der Waals surface area contributed by atoms with Crippen molar-refractivity contribution in [1.29, 1.82) is 0 Å². The first kappa shape index (κ1) is 16.4. The van der Waals surface area contributed by atoms with Gasteiger partial charge in [0.2, 0.25) is 0 Å². The zero-order valence-corrected chi connectivity index (χ0v) is 13.9. The molecule has 3 rings (SSSR count). The first-order chi connectivity index (χ1) is 11.7. The molecule has 1 N–H and O–H groups in total. The van der Waals surface area contributed by atoms with Gasteiger partial charge in [0, 0.05) is 37.9 Å². The minimum Gasteiger partial charge on any atom is -0.363 e. The number of carbonyl (C=O) groups excluding carboxylic acids is 1. The Hall–Kier alpha value is -2.41. The first-order valence-electron chi connectivity index (χ1n) is 8.29. The van der Waals surface area contributed by atoms with E-state index >= 15 is 0 Å². The Morgan fingerprint density at radius 2 is 2.29 bits per heavy atom. The lowest BCUT2D eigenvalue weighted by Gasteiger charge is -2.27. The number of nitrogens with one attached hydrogen (secondary N) is 1. The van der Waals surface area contributed by atoms with Gasteiger partial charge in [-0.2, -0.15) is 0 Å². The Bertz CT molecular complexity index is 632.